The van der Waals surface area contributed by atoms with Crippen LogP contribution in [0, 0.1) is 11.8 Å². The molecule has 82 valence electrons. The second-order valence-electron chi connectivity index (χ2n) is 5.72. The van der Waals surface area contributed by atoms with E-state index in [-0.39, 0.29) is 29.9 Å². The Morgan fingerprint density at radius 2 is 2.13 bits per heavy atom. The summed E-state index contributed by atoms with van der Waals surface area (Å²) in [4.78, 5) is 25.1. The van der Waals surface area contributed by atoms with E-state index in [9.17, 15) is 9.59 Å². The molecule has 4 bridgehead atoms. The zero-order chi connectivity index (χ0) is 11.0. The lowest BCUT2D eigenvalue weighted by molar-refractivity contribution is -0.120. The van der Waals surface area contributed by atoms with Crippen molar-refractivity contribution < 1.29 is 14.3 Å². The molecule has 0 radical (unpaired) electrons. The van der Waals surface area contributed by atoms with Crippen molar-refractivity contribution in [3.05, 3.63) is 0 Å². The van der Waals surface area contributed by atoms with Crippen molar-refractivity contribution in [3.63, 3.8) is 0 Å². The summed E-state index contributed by atoms with van der Waals surface area (Å²) in [5, 5.41) is 0. The van der Waals surface area contributed by atoms with Gasteiger partial charge in [0.1, 0.15) is 5.60 Å². The average molecular weight is 209 g/mol. The number of rotatable bonds is 0. The molecular formula is C11H15NO3. The van der Waals surface area contributed by atoms with Crippen molar-refractivity contribution >= 4 is 11.9 Å². The molecule has 15 heavy (non-hydrogen) atoms. The lowest BCUT2D eigenvalue weighted by atomic mass is 10.2. The van der Waals surface area contributed by atoms with Gasteiger partial charge >= 0.3 is 6.09 Å². The van der Waals surface area contributed by atoms with Crippen LogP contribution in [0.3, 0.4) is 0 Å². The summed E-state index contributed by atoms with van der Waals surface area (Å²) in [6.07, 6.45) is 0.557. The third-order valence-electron chi connectivity index (χ3n) is 3.54. The maximum atomic E-state index is 11.8. The third kappa shape index (κ3) is 1.08. The van der Waals surface area contributed by atoms with Gasteiger partial charge in [-0.05, 0) is 33.1 Å². The van der Waals surface area contributed by atoms with Crippen molar-refractivity contribution in [1.82, 2.24) is 4.90 Å². The fourth-order valence-corrected chi connectivity index (χ4v) is 3.02. The molecule has 1 amide bonds. The minimum Gasteiger partial charge on any atom is -0.444 e. The van der Waals surface area contributed by atoms with Crippen LogP contribution in [0.25, 0.3) is 0 Å². The summed E-state index contributed by atoms with van der Waals surface area (Å²) in [5.74, 6) is 0.869. The standard InChI is InChI=1S/C11H15NO3/c1-11(2,3)15-10(14)12-6-4-5-7(8(5)12)9(6)13/h5-8H,4H2,1-3H3. The molecule has 2 heterocycles. The molecule has 4 aliphatic rings. The molecule has 2 aliphatic heterocycles. The van der Waals surface area contributed by atoms with Crippen molar-refractivity contribution in [3.8, 4) is 0 Å². The van der Waals surface area contributed by atoms with Crippen molar-refractivity contribution in [2.45, 2.75) is 44.9 Å². The summed E-state index contributed by atoms with van der Waals surface area (Å²) in [6, 6.07) is 0.0113. The molecule has 4 unspecified atom stereocenters. The normalized spacial score (nSPS) is 41.0. The van der Waals surface area contributed by atoms with Crippen LogP contribution in [-0.4, -0.2) is 34.5 Å². The highest BCUT2D eigenvalue weighted by atomic mass is 16.6. The molecule has 0 aromatic rings. The highest BCUT2D eigenvalue weighted by molar-refractivity contribution is 6.00. The summed E-state index contributed by atoms with van der Waals surface area (Å²) in [5.41, 5.74) is -0.475. The Bertz CT molecular complexity index is 357. The third-order valence-corrected chi connectivity index (χ3v) is 3.54. The van der Waals surface area contributed by atoms with E-state index in [0.29, 0.717) is 5.92 Å². The molecule has 0 spiro atoms. The quantitative estimate of drug-likeness (QED) is 0.602. The second-order valence-corrected chi connectivity index (χ2v) is 5.72. The van der Waals surface area contributed by atoms with Gasteiger partial charge in [0.25, 0.3) is 0 Å². The largest absolute Gasteiger partial charge is 0.444 e. The van der Waals surface area contributed by atoms with Crippen LogP contribution in [-0.2, 0) is 9.53 Å². The minimum atomic E-state index is -0.475. The molecule has 2 saturated heterocycles. The number of amides is 1. The molecule has 2 aliphatic carbocycles. The van der Waals surface area contributed by atoms with E-state index in [1.807, 2.05) is 20.8 Å². The minimum absolute atomic E-state index is 0.155. The Kier molecular flexibility index (Phi) is 1.45. The summed E-state index contributed by atoms with van der Waals surface area (Å²) >= 11 is 0. The summed E-state index contributed by atoms with van der Waals surface area (Å²) < 4.78 is 5.30. The molecule has 0 aromatic carbocycles. The predicted molar refractivity (Wildman–Crippen MR) is 52.3 cm³/mol. The lowest BCUT2D eigenvalue weighted by Crippen LogP contribution is -2.40. The van der Waals surface area contributed by atoms with Gasteiger partial charge in [-0.15, -0.1) is 0 Å². The number of ether oxygens (including phenoxy) is 1. The Morgan fingerprint density at radius 3 is 2.47 bits per heavy atom. The second kappa shape index (κ2) is 2.36. The number of carbonyl (C=O) groups is 2. The maximum Gasteiger partial charge on any atom is 0.411 e. The van der Waals surface area contributed by atoms with Gasteiger partial charge in [-0.25, -0.2) is 4.79 Å². The Labute approximate surface area is 88.6 Å². The molecule has 0 aromatic heterocycles. The number of nitrogens with zero attached hydrogens (tertiary/aromatic N) is 1. The molecule has 4 rings (SSSR count). The van der Waals surface area contributed by atoms with E-state index < -0.39 is 5.60 Å². The van der Waals surface area contributed by atoms with Gasteiger partial charge in [-0.1, -0.05) is 0 Å². The zero-order valence-corrected chi connectivity index (χ0v) is 9.19. The van der Waals surface area contributed by atoms with Gasteiger partial charge in [-0.2, -0.15) is 0 Å². The van der Waals surface area contributed by atoms with Crippen LogP contribution in [0.5, 0.6) is 0 Å². The number of ketones is 1. The van der Waals surface area contributed by atoms with Gasteiger partial charge in [0.2, 0.25) is 0 Å². The topological polar surface area (TPSA) is 46.6 Å². The van der Waals surface area contributed by atoms with Crippen LogP contribution < -0.4 is 0 Å². The Hall–Kier alpha value is -1.06. The summed E-state index contributed by atoms with van der Waals surface area (Å²) in [6.45, 7) is 5.53. The van der Waals surface area contributed by atoms with Gasteiger partial charge in [-0.3, -0.25) is 9.69 Å². The van der Waals surface area contributed by atoms with Gasteiger partial charge in [0.15, 0.2) is 5.78 Å². The highest BCUT2D eigenvalue weighted by Crippen LogP contribution is 2.62. The molecule has 4 fully saturated rings. The molecule has 4 nitrogen and oxygen atoms in total. The fourth-order valence-electron chi connectivity index (χ4n) is 3.02. The zero-order valence-electron chi connectivity index (χ0n) is 9.19. The first-order chi connectivity index (χ1) is 6.90. The highest BCUT2D eigenvalue weighted by Gasteiger charge is 2.75. The number of hydrogen-bond donors (Lipinski definition) is 0. The van der Waals surface area contributed by atoms with Crippen molar-refractivity contribution in [2.24, 2.45) is 11.8 Å². The monoisotopic (exact) mass is 209 g/mol. The van der Waals surface area contributed by atoms with Gasteiger partial charge < -0.3 is 4.74 Å². The van der Waals surface area contributed by atoms with E-state index in [1.165, 1.54) is 0 Å². The lowest BCUT2D eigenvalue weighted by Gasteiger charge is -2.26. The molecule has 2 saturated carbocycles. The first-order valence-electron chi connectivity index (χ1n) is 5.45. The van der Waals surface area contributed by atoms with E-state index in [0.717, 1.165) is 6.42 Å². The van der Waals surface area contributed by atoms with Gasteiger partial charge in [0.05, 0.1) is 6.04 Å². The first kappa shape index (κ1) is 9.19. The maximum absolute atomic E-state index is 11.8. The van der Waals surface area contributed by atoms with Crippen LogP contribution in [0.1, 0.15) is 27.2 Å². The van der Waals surface area contributed by atoms with E-state index in [1.54, 1.807) is 4.90 Å². The van der Waals surface area contributed by atoms with Crippen LogP contribution >= 0.6 is 0 Å². The van der Waals surface area contributed by atoms with E-state index >= 15 is 0 Å². The van der Waals surface area contributed by atoms with E-state index in [4.69, 9.17) is 4.74 Å². The number of piperidine rings is 2. The van der Waals surface area contributed by atoms with Gasteiger partial charge in [0, 0.05) is 12.0 Å². The molecule has 4 atom stereocenters. The first-order valence-corrected chi connectivity index (χ1v) is 5.45. The van der Waals surface area contributed by atoms with Crippen LogP contribution in [0.4, 0.5) is 4.79 Å². The fraction of sp³-hybridized carbons (Fsp3) is 0.818. The summed E-state index contributed by atoms with van der Waals surface area (Å²) in [7, 11) is 0. The Morgan fingerprint density at radius 1 is 1.47 bits per heavy atom. The SMILES string of the molecule is CC(C)(C)OC(=O)N1C2CC3C(C2=O)C31. The van der Waals surface area contributed by atoms with Crippen molar-refractivity contribution in [1.29, 1.82) is 0 Å². The smallest absolute Gasteiger partial charge is 0.411 e. The van der Waals surface area contributed by atoms with E-state index in [2.05, 4.69) is 0 Å². The van der Waals surface area contributed by atoms with Crippen molar-refractivity contribution in [2.75, 3.05) is 0 Å². The number of hydrogen-bond acceptors (Lipinski definition) is 3. The number of carbonyl (C=O) groups excluding carboxylic acids is 2. The predicted octanol–water partition coefficient (Wildman–Crippen LogP) is 1.19. The average Bonchev–Trinajstić information content (AvgIpc) is 2.41. The van der Waals surface area contributed by atoms with Crippen LogP contribution in [0.15, 0.2) is 0 Å². The van der Waals surface area contributed by atoms with Crippen LogP contribution in [0.2, 0.25) is 0 Å². The molecule has 4 heteroatoms. The molecular weight excluding hydrogens is 194 g/mol. The number of Topliss-reactive ketones (excluding diaryl/α,β-unsaturated/α-hetero) is 1. The Balaban J connectivity index is 1.76. The molecule has 0 N–H and O–H groups in total.